The summed E-state index contributed by atoms with van der Waals surface area (Å²) >= 11 is 0. The Labute approximate surface area is 174 Å². The molecule has 1 aromatic rings. The molecule has 0 saturated carbocycles. The molecule has 0 unspecified atom stereocenters. The van der Waals surface area contributed by atoms with Crippen LogP contribution in [0.2, 0.25) is 0 Å². The predicted octanol–water partition coefficient (Wildman–Crippen LogP) is 2.90. The maximum absolute atomic E-state index is 13.1. The van der Waals surface area contributed by atoms with E-state index in [0.29, 0.717) is 43.8 Å². The Morgan fingerprint density at radius 2 is 1.69 bits per heavy atom. The minimum Gasteiger partial charge on any atom is -0.352 e. The molecular weight excluding hydrogens is 366 g/mol. The minimum atomic E-state index is -0.609. The molecule has 1 fully saturated rings. The van der Waals surface area contributed by atoms with Crippen LogP contribution in [0.1, 0.15) is 62.9 Å². The molecule has 0 spiro atoms. The van der Waals surface area contributed by atoms with Gasteiger partial charge in [-0.1, -0.05) is 39.0 Å². The number of amides is 3. The number of aryl methyl sites for hydroxylation is 1. The summed E-state index contributed by atoms with van der Waals surface area (Å²) in [4.78, 5) is 39.8. The lowest BCUT2D eigenvalue weighted by molar-refractivity contribution is -0.132. The Kier molecular flexibility index (Phi) is 8.23. The summed E-state index contributed by atoms with van der Waals surface area (Å²) in [5.74, 6) is 0.0710. The predicted molar refractivity (Wildman–Crippen MR) is 114 cm³/mol. The Bertz CT molecular complexity index is 724. The summed E-state index contributed by atoms with van der Waals surface area (Å²) in [5.41, 5.74) is 1.46. The average Bonchev–Trinajstić information content (AvgIpc) is 2.71. The van der Waals surface area contributed by atoms with Crippen molar-refractivity contribution in [2.45, 2.75) is 66.0 Å². The van der Waals surface area contributed by atoms with Crippen LogP contribution in [0.25, 0.3) is 0 Å². The zero-order valence-corrected chi connectivity index (χ0v) is 18.3. The number of carbonyl (C=O) groups excluding carboxylic acids is 3. The molecule has 0 bridgehead atoms. The molecule has 160 valence electrons. The van der Waals surface area contributed by atoms with Crippen molar-refractivity contribution in [2.75, 3.05) is 13.1 Å². The largest absolute Gasteiger partial charge is 0.352 e. The number of nitrogens with zero attached hydrogens (tertiary/aromatic N) is 1. The molecule has 29 heavy (non-hydrogen) atoms. The molecule has 1 aliphatic rings. The molecular formula is C23H35N3O3. The lowest BCUT2D eigenvalue weighted by Crippen LogP contribution is -2.55. The van der Waals surface area contributed by atoms with E-state index in [1.54, 1.807) is 6.07 Å². The fourth-order valence-electron chi connectivity index (χ4n) is 3.63. The lowest BCUT2D eigenvalue weighted by atomic mass is 9.88. The van der Waals surface area contributed by atoms with Crippen LogP contribution in [-0.4, -0.2) is 47.8 Å². The highest BCUT2D eigenvalue weighted by molar-refractivity contribution is 5.98. The minimum absolute atomic E-state index is 0.00300. The normalized spacial score (nSPS) is 17.0. The van der Waals surface area contributed by atoms with Crippen LogP contribution in [0, 0.1) is 18.8 Å². The number of rotatable bonds is 7. The summed E-state index contributed by atoms with van der Waals surface area (Å²) in [6.07, 6.45) is 1.90. The Morgan fingerprint density at radius 1 is 1.07 bits per heavy atom. The van der Waals surface area contributed by atoms with Gasteiger partial charge in [-0.3, -0.25) is 14.4 Å². The topological polar surface area (TPSA) is 78.5 Å². The number of benzene rings is 1. The number of hydrogen-bond acceptors (Lipinski definition) is 3. The van der Waals surface area contributed by atoms with Gasteiger partial charge in [-0.2, -0.15) is 0 Å². The molecule has 3 amide bonds. The number of piperidine rings is 1. The van der Waals surface area contributed by atoms with Gasteiger partial charge in [0.25, 0.3) is 5.91 Å². The van der Waals surface area contributed by atoms with Crippen LogP contribution in [0.15, 0.2) is 24.3 Å². The Morgan fingerprint density at radius 3 is 2.24 bits per heavy atom. The highest BCUT2D eigenvalue weighted by Gasteiger charge is 2.34. The van der Waals surface area contributed by atoms with Crippen molar-refractivity contribution in [3.8, 4) is 0 Å². The first-order valence-electron chi connectivity index (χ1n) is 10.7. The summed E-state index contributed by atoms with van der Waals surface area (Å²) in [6.45, 7) is 11.1. The molecule has 1 aromatic carbocycles. The van der Waals surface area contributed by atoms with Gasteiger partial charge in [0.2, 0.25) is 11.8 Å². The molecule has 0 radical (unpaired) electrons. The van der Waals surface area contributed by atoms with Gasteiger partial charge in [-0.25, -0.2) is 0 Å². The van der Waals surface area contributed by atoms with Gasteiger partial charge in [0, 0.05) is 31.1 Å². The molecule has 6 nitrogen and oxygen atoms in total. The van der Waals surface area contributed by atoms with E-state index < -0.39 is 6.04 Å². The van der Waals surface area contributed by atoms with Gasteiger partial charge in [0.15, 0.2) is 0 Å². The van der Waals surface area contributed by atoms with Crippen molar-refractivity contribution in [1.82, 2.24) is 15.5 Å². The first kappa shape index (κ1) is 22.9. The van der Waals surface area contributed by atoms with Gasteiger partial charge in [0.05, 0.1) is 0 Å². The fraction of sp³-hybridized carbons (Fsp3) is 0.609. The maximum Gasteiger partial charge on any atom is 0.252 e. The quantitative estimate of drug-likeness (QED) is 0.737. The van der Waals surface area contributed by atoms with E-state index in [1.807, 2.05) is 43.9 Å². The SMILES string of the molecule is CCC(=O)N1CCC([C@@H](NC(=O)c2ccccc2C)C(=O)N[C@@H](C)C(C)C)CC1. The van der Waals surface area contributed by atoms with E-state index in [1.165, 1.54) is 0 Å². The molecule has 2 rings (SSSR count). The second-order valence-electron chi connectivity index (χ2n) is 8.38. The fourth-order valence-corrected chi connectivity index (χ4v) is 3.63. The third-order valence-electron chi connectivity index (χ3n) is 5.99. The smallest absolute Gasteiger partial charge is 0.252 e. The summed E-state index contributed by atoms with van der Waals surface area (Å²) in [7, 11) is 0. The average molecular weight is 402 g/mol. The third-order valence-corrected chi connectivity index (χ3v) is 5.99. The van der Waals surface area contributed by atoms with Crippen LogP contribution >= 0.6 is 0 Å². The van der Waals surface area contributed by atoms with Crippen molar-refractivity contribution in [1.29, 1.82) is 0 Å². The second kappa shape index (κ2) is 10.4. The molecule has 1 saturated heterocycles. The highest BCUT2D eigenvalue weighted by Crippen LogP contribution is 2.22. The van der Waals surface area contributed by atoms with E-state index in [-0.39, 0.29) is 29.7 Å². The molecule has 6 heteroatoms. The van der Waals surface area contributed by atoms with Gasteiger partial charge < -0.3 is 15.5 Å². The first-order chi connectivity index (χ1) is 13.7. The van der Waals surface area contributed by atoms with Gasteiger partial charge in [-0.15, -0.1) is 0 Å². The Balaban J connectivity index is 2.15. The monoisotopic (exact) mass is 401 g/mol. The first-order valence-corrected chi connectivity index (χ1v) is 10.7. The zero-order chi connectivity index (χ0) is 21.6. The standard InChI is InChI=1S/C23H35N3O3/c1-6-20(27)26-13-11-18(12-14-26)21(23(29)24-17(5)15(2)3)25-22(28)19-10-8-7-9-16(19)4/h7-10,15,17-18,21H,6,11-14H2,1-5H3,(H,24,29)(H,25,28)/t17-,21+/m0/s1. The van der Waals surface area contributed by atoms with Crippen molar-refractivity contribution in [2.24, 2.45) is 11.8 Å². The molecule has 2 N–H and O–H groups in total. The van der Waals surface area contributed by atoms with Crippen molar-refractivity contribution < 1.29 is 14.4 Å². The van der Waals surface area contributed by atoms with Crippen LogP contribution in [-0.2, 0) is 9.59 Å². The molecule has 1 heterocycles. The van der Waals surface area contributed by atoms with E-state index in [9.17, 15) is 14.4 Å². The second-order valence-corrected chi connectivity index (χ2v) is 8.38. The molecule has 0 aromatic heterocycles. The van der Waals surface area contributed by atoms with E-state index in [4.69, 9.17) is 0 Å². The zero-order valence-electron chi connectivity index (χ0n) is 18.3. The van der Waals surface area contributed by atoms with Crippen LogP contribution in [0.3, 0.4) is 0 Å². The highest BCUT2D eigenvalue weighted by atomic mass is 16.2. The van der Waals surface area contributed by atoms with Gasteiger partial charge in [-0.05, 0) is 50.2 Å². The number of nitrogens with one attached hydrogen (secondary N) is 2. The number of hydrogen-bond donors (Lipinski definition) is 2. The molecule has 2 atom stereocenters. The molecule has 1 aliphatic heterocycles. The summed E-state index contributed by atoms with van der Waals surface area (Å²) < 4.78 is 0. The number of likely N-dealkylation sites (tertiary alicyclic amines) is 1. The van der Waals surface area contributed by atoms with Crippen molar-refractivity contribution in [3.05, 3.63) is 35.4 Å². The van der Waals surface area contributed by atoms with Crippen LogP contribution in [0.4, 0.5) is 0 Å². The maximum atomic E-state index is 13.1. The van der Waals surface area contributed by atoms with E-state index in [0.717, 1.165) is 5.56 Å². The molecule has 0 aliphatic carbocycles. The Hall–Kier alpha value is -2.37. The number of carbonyl (C=O) groups is 3. The third kappa shape index (κ3) is 6.05. The van der Waals surface area contributed by atoms with Crippen molar-refractivity contribution >= 4 is 17.7 Å². The van der Waals surface area contributed by atoms with Crippen LogP contribution < -0.4 is 10.6 Å². The van der Waals surface area contributed by atoms with Crippen LogP contribution in [0.5, 0.6) is 0 Å². The van der Waals surface area contributed by atoms with Crippen molar-refractivity contribution in [3.63, 3.8) is 0 Å². The van der Waals surface area contributed by atoms with Gasteiger partial charge in [0.1, 0.15) is 6.04 Å². The van der Waals surface area contributed by atoms with E-state index in [2.05, 4.69) is 24.5 Å². The van der Waals surface area contributed by atoms with Gasteiger partial charge >= 0.3 is 0 Å². The van der Waals surface area contributed by atoms with E-state index >= 15 is 0 Å². The summed E-state index contributed by atoms with van der Waals surface area (Å²) in [5, 5.41) is 6.05. The summed E-state index contributed by atoms with van der Waals surface area (Å²) in [6, 6.07) is 6.79. The lowest BCUT2D eigenvalue weighted by Gasteiger charge is -2.36.